The SMILES string of the molecule is O=C1c2cc(Br)c(Br)c(Br)c2C(=O)c2nsnc21. The first-order chi connectivity index (χ1) is 8.52. The first kappa shape index (κ1) is 12.6. The van der Waals surface area contributed by atoms with Gasteiger partial charge in [-0.2, -0.15) is 8.75 Å². The Hall–Kier alpha value is -0.440. The van der Waals surface area contributed by atoms with Crippen LogP contribution in [-0.4, -0.2) is 20.3 Å². The van der Waals surface area contributed by atoms with Gasteiger partial charge >= 0.3 is 0 Å². The fraction of sp³-hybridized carbons (Fsp3) is 0. The Balaban J connectivity index is 2.40. The molecule has 0 spiro atoms. The van der Waals surface area contributed by atoms with Crippen LogP contribution in [0.1, 0.15) is 32.1 Å². The molecule has 90 valence electrons. The summed E-state index contributed by atoms with van der Waals surface area (Å²) in [5.41, 5.74) is 0.934. The van der Waals surface area contributed by atoms with E-state index in [1.165, 1.54) is 0 Å². The number of aromatic nitrogens is 2. The number of carbonyl (C=O) groups is 2. The first-order valence-corrected chi connectivity index (χ1v) is 7.72. The maximum Gasteiger partial charge on any atom is 0.216 e. The normalized spacial score (nSPS) is 13.5. The minimum Gasteiger partial charge on any atom is -0.287 e. The van der Waals surface area contributed by atoms with Crippen LogP contribution in [0, 0.1) is 0 Å². The summed E-state index contributed by atoms with van der Waals surface area (Å²) in [6, 6.07) is 1.62. The van der Waals surface area contributed by atoms with E-state index < -0.39 is 0 Å². The summed E-state index contributed by atoms with van der Waals surface area (Å²) in [6.07, 6.45) is 0. The van der Waals surface area contributed by atoms with Gasteiger partial charge in [-0.1, -0.05) is 0 Å². The number of nitrogens with zero attached hydrogens (tertiary/aromatic N) is 2. The molecule has 0 fully saturated rings. The van der Waals surface area contributed by atoms with Crippen LogP contribution in [-0.2, 0) is 0 Å². The van der Waals surface area contributed by atoms with Gasteiger partial charge in [0.1, 0.15) is 0 Å². The molecule has 8 heteroatoms. The molecule has 0 bridgehead atoms. The molecule has 0 aliphatic heterocycles. The standard InChI is InChI=1S/C10HBr3N2O2S/c11-3-1-2-4(6(13)5(3)12)10(17)8-7(9(2)16)14-18-15-8/h1H. The van der Waals surface area contributed by atoms with E-state index in [0.29, 0.717) is 24.5 Å². The van der Waals surface area contributed by atoms with Gasteiger partial charge in [0, 0.05) is 19.0 Å². The molecule has 0 unspecified atom stereocenters. The molecule has 0 saturated heterocycles. The Morgan fingerprint density at radius 3 is 2.22 bits per heavy atom. The second-order valence-corrected chi connectivity index (χ2v) is 6.50. The van der Waals surface area contributed by atoms with Crippen molar-refractivity contribution < 1.29 is 9.59 Å². The maximum atomic E-state index is 12.3. The van der Waals surface area contributed by atoms with Crippen molar-refractivity contribution in [1.29, 1.82) is 0 Å². The average Bonchev–Trinajstić information content (AvgIpc) is 2.82. The summed E-state index contributed by atoms with van der Waals surface area (Å²) in [5, 5.41) is 0. The quantitative estimate of drug-likeness (QED) is 0.489. The van der Waals surface area contributed by atoms with E-state index in [9.17, 15) is 9.59 Å². The van der Waals surface area contributed by atoms with Crippen molar-refractivity contribution in [2.45, 2.75) is 0 Å². The zero-order valence-corrected chi connectivity index (χ0v) is 13.9. The van der Waals surface area contributed by atoms with Crippen LogP contribution in [0.25, 0.3) is 0 Å². The number of hydrogen-bond donors (Lipinski definition) is 0. The van der Waals surface area contributed by atoms with Gasteiger partial charge in [0.2, 0.25) is 11.6 Å². The van der Waals surface area contributed by atoms with Crippen molar-refractivity contribution in [1.82, 2.24) is 8.75 Å². The largest absolute Gasteiger partial charge is 0.287 e. The Kier molecular flexibility index (Phi) is 3.00. The summed E-state index contributed by atoms with van der Waals surface area (Å²) in [6.45, 7) is 0. The Bertz CT molecular complexity index is 726. The highest BCUT2D eigenvalue weighted by atomic mass is 79.9. The highest BCUT2D eigenvalue weighted by molar-refractivity contribution is 9.14. The molecule has 0 amide bonds. The molecule has 2 aromatic rings. The summed E-state index contributed by atoms with van der Waals surface area (Å²) in [4.78, 5) is 24.5. The lowest BCUT2D eigenvalue weighted by Gasteiger charge is -2.15. The predicted octanol–water partition coefficient (Wildman–Crippen LogP) is 3.60. The lowest BCUT2D eigenvalue weighted by molar-refractivity contribution is 0.0973. The third-order valence-corrected chi connectivity index (χ3v) is 6.39. The monoisotopic (exact) mass is 450 g/mol. The molecule has 0 atom stereocenters. The zero-order valence-electron chi connectivity index (χ0n) is 8.33. The second-order valence-electron chi connectivity index (χ2n) is 3.53. The fourth-order valence-corrected chi connectivity index (χ4v) is 3.88. The molecule has 1 heterocycles. The van der Waals surface area contributed by atoms with E-state index in [-0.39, 0.29) is 23.0 Å². The second kappa shape index (κ2) is 4.29. The van der Waals surface area contributed by atoms with Gasteiger partial charge in [-0.3, -0.25) is 9.59 Å². The molecule has 1 aliphatic carbocycles. The van der Waals surface area contributed by atoms with Crippen molar-refractivity contribution in [2.75, 3.05) is 0 Å². The van der Waals surface area contributed by atoms with Crippen molar-refractivity contribution in [3.8, 4) is 0 Å². The van der Waals surface area contributed by atoms with Crippen LogP contribution < -0.4 is 0 Å². The predicted molar refractivity (Wildman–Crippen MR) is 76.3 cm³/mol. The van der Waals surface area contributed by atoms with E-state index in [2.05, 4.69) is 56.5 Å². The number of halogens is 3. The number of benzene rings is 1. The van der Waals surface area contributed by atoms with Gasteiger partial charge < -0.3 is 0 Å². The number of carbonyl (C=O) groups excluding carboxylic acids is 2. The topological polar surface area (TPSA) is 59.9 Å². The molecule has 0 radical (unpaired) electrons. The minimum absolute atomic E-state index is 0.132. The van der Waals surface area contributed by atoms with Crippen molar-refractivity contribution in [3.63, 3.8) is 0 Å². The molecule has 0 N–H and O–H groups in total. The average molecular weight is 453 g/mol. The van der Waals surface area contributed by atoms with Crippen LogP contribution in [0.3, 0.4) is 0 Å². The van der Waals surface area contributed by atoms with E-state index in [4.69, 9.17) is 0 Å². The molecule has 3 rings (SSSR count). The fourth-order valence-electron chi connectivity index (χ4n) is 1.73. The van der Waals surface area contributed by atoms with Gasteiger partial charge in [0.15, 0.2) is 11.4 Å². The summed E-state index contributed by atoms with van der Waals surface area (Å²) in [5.74, 6) is -0.560. The molecule has 18 heavy (non-hydrogen) atoms. The smallest absolute Gasteiger partial charge is 0.216 e. The lowest BCUT2D eigenvalue weighted by Crippen LogP contribution is -2.21. The highest BCUT2D eigenvalue weighted by Crippen LogP contribution is 2.39. The third-order valence-electron chi connectivity index (χ3n) is 2.55. The van der Waals surface area contributed by atoms with E-state index >= 15 is 0 Å². The molecular formula is C10HBr3N2O2S. The highest BCUT2D eigenvalue weighted by Gasteiger charge is 2.36. The lowest BCUT2D eigenvalue weighted by atomic mass is 9.90. The molecule has 1 aromatic heterocycles. The van der Waals surface area contributed by atoms with Gasteiger partial charge in [0.05, 0.1) is 17.3 Å². The first-order valence-electron chi connectivity index (χ1n) is 4.61. The maximum absolute atomic E-state index is 12.3. The van der Waals surface area contributed by atoms with Gasteiger partial charge in [0.25, 0.3) is 0 Å². The Morgan fingerprint density at radius 1 is 0.944 bits per heavy atom. The minimum atomic E-state index is -0.284. The van der Waals surface area contributed by atoms with Gasteiger partial charge in [-0.05, 0) is 53.9 Å². The summed E-state index contributed by atoms with van der Waals surface area (Å²) in [7, 11) is 0. The zero-order chi connectivity index (χ0) is 13.0. The number of hydrogen-bond acceptors (Lipinski definition) is 5. The molecule has 1 aromatic carbocycles. The van der Waals surface area contributed by atoms with Gasteiger partial charge in [-0.15, -0.1) is 0 Å². The number of rotatable bonds is 0. The van der Waals surface area contributed by atoms with Crippen LogP contribution in [0.4, 0.5) is 0 Å². The van der Waals surface area contributed by atoms with Crippen molar-refractivity contribution in [2.24, 2.45) is 0 Å². The Labute approximate surface area is 131 Å². The summed E-state index contributed by atoms with van der Waals surface area (Å²) < 4.78 is 9.71. The van der Waals surface area contributed by atoms with E-state index in [0.717, 1.165) is 11.7 Å². The molecular weight excluding hydrogens is 452 g/mol. The Morgan fingerprint density at radius 2 is 1.56 bits per heavy atom. The van der Waals surface area contributed by atoms with Gasteiger partial charge in [-0.25, -0.2) is 0 Å². The molecule has 1 aliphatic rings. The van der Waals surface area contributed by atoms with Crippen LogP contribution in [0.15, 0.2) is 19.5 Å². The molecule has 4 nitrogen and oxygen atoms in total. The number of ketones is 2. The van der Waals surface area contributed by atoms with E-state index in [1.807, 2.05) is 0 Å². The van der Waals surface area contributed by atoms with Crippen LogP contribution >= 0.6 is 59.5 Å². The number of fused-ring (bicyclic) bond motifs is 2. The molecule has 0 saturated carbocycles. The van der Waals surface area contributed by atoms with Crippen LogP contribution in [0.5, 0.6) is 0 Å². The van der Waals surface area contributed by atoms with Crippen molar-refractivity contribution >= 4 is 71.1 Å². The van der Waals surface area contributed by atoms with E-state index in [1.54, 1.807) is 6.07 Å². The summed E-state index contributed by atoms with van der Waals surface area (Å²) >= 11 is 10.9. The van der Waals surface area contributed by atoms with Crippen LogP contribution in [0.2, 0.25) is 0 Å². The van der Waals surface area contributed by atoms with Crippen molar-refractivity contribution in [3.05, 3.63) is 42.0 Å². The third kappa shape index (κ3) is 1.59.